The summed E-state index contributed by atoms with van der Waals surface area (Å²) in [6.45, 7) is 11.0. The molecule has 190 valence electrons. The van der Waals surface area contributed by atoms with Crippen molar-refractivity contribution in [2.24, 2.45) is 5.92 Å². The topological polar surface area (TPSA) is 108 Å². The maximum Gasteiger partial charge on any atom is 0.251 e. The van der Waals surface area contributed by atoms with Crippen LogP contribution in [0.4, 0.5) is 11.5 Å². The van der Waals surface area contributed by atoms with Crippen molar-refractivity contribution >= 4 is 33.2 Å². The van der Waals surface area contributed by atoms with Gasteiger partial charge in [-0.15, -0.1) is 0 Å². The first-order valence-corrected chi connectivity index (χ1v) is 13.9. The fourth-order valence-corrected chi connectivity index (χ4v) is 5.51. The SMILES string of the molecule is CCS(=O)(=O)CCC(C)NC(=O)c1ccc2c(c1)C(Nc1cccc(C)n1)[C@@H](C)[C@H](C)N2C(C)=O. The van der Waals surface area contributed by atoms with Gasteiger partial charge in [0.05, 0.1) is 11.8 Å². The van der Waals surface area contributed by atoms with Crippen LogP contribution < -0.4 is 15.5 Å². The summed E-state index contributed by atoms with van der Waals surface area (Å²) in [7, 11) is -3.10. The number of amides is 2. The van der Waals surface area contributed by atoms with Gasteiger partial charge < -0.3 is 15.5 Å². The second-order valence-electron chi connectivity index (χ2n) is 9.45. The molecule has 9 heteroatoms. The average molecular weight is 501 g/mol. The zero-order chi connectivity index (χ0) is 25.9. The zero-order valence-corrected chi connectivity index (χ0v) is 22.1. The first kappa shape index (κ1) is 26.7. The molecule has 2 amide bonds. The van der Waals surface area contributed by atoms with Crippen molar-refractivity contribution in [3.63, 3.8) is 0 Å². The van der Waals surface area contributed by atoms with Crippen LogP contribution in [0.3, 0.4) is 0 Å². The molecule has 8 nitrogen and oxygen atoms in total. The lowest BCUT2D eigenvalue weighted by atomic mass is 9.82. The van der Waals surface area contributed by atoms with Crippen molar-refractivity contribution in [1.82, 2.24) is 10.3 Å². The zero-order valence-electron chi connectivity index (χ0n) is 21.3. The highest BCUT2D eigenvalue weighted by Crippen LogP contribution is 2.42. The van der Waals surface area contributed by atoms with Crippen LogP contribution in [0.5, 0.6) is 0 Å². The molecule has 4 atom stereocenters. The van der Waals surface area contributed by atoms with E-state index in [1.807, 2.05) is 44.2 Å². The van der Waals surface area contributed by atoms with Crippen molar-refractivity contribution in [1.29, 1.82) is 0 Å². The third-order valence-corrected chi connectivity index (χ3v) is 8.53. The summed E-state index contributed by atoms with van der Waals surface area (Å²) < 4.78 is 23.6. The van der Waals surface area contributed by atoms with Crippen molar-refractivity contribution in [3.05, 3.63) is 53.2 Å². The standard InChI is InChI=1S/C26H36N4O4S/c1-7-35(33,34)14-13-17(3)28-26(32)21-11-12-23-22(15-21)25(18(4)19(5)30(23)20(6)31)29-24-10-8-9-16(2)27-24/h8-12,15,17-19,25H,7,13-14H2,1-6H3,(H,27,29)(H,28,32)/t17?,18-,19-,25?/m0/s1. The largest absolute Gasteiger partial charge is 0.363 e. The number of nitrogens with one attached hydrogen (secondary N) is 2. The Morgan fingerprint density at radius 1 is 1.17 bits per heavy atom. The predicted octanol–water partition coefficient (Wildman–Crippen LogP) is 3.88. The predicted molar refractivity (Wildman–Crippen MR) is 139 cm³/mol. The van der Waals surface area contributed by atoms with Crippen molar-refractivity contribution in [3.8, 4) is 0 Å². The molecule has 1 aliphatic heterocycles. The molecule has 0 fully saturated rings. The Morgan fingerprint density at radius 2 is 1.89 bits per heavy atom. The van der Waals surface area contributed by atoms with E-state index in [1.54, 1.807) is 31.7 Å². The Morgan fingerprint density at radius 3 is 2.51 bits per heavy atom. The average Bonchev–Trinajstić information content (AvgIpc) is 2.80. The second-order valence-corrected chi connectivity index (χ2v) is 11.9. The Bertz CT molecular complexity index is 1200. The molecule has 1 aromatic heterocycles. The van der Waals surface area contributed by atoms with Crippen LogP contribution in [0.15, 0.2) is 36.4 Å². The maximum atomic E-state index is 13.0. The van der Waals surface area contributed by atoms with Gasteiger partial charge in [0.2, 0.25) is 5.91 Å². The van der Waals surface area contributed by atoms with Gasteiger partial charge in [-0.2, -0.15) is 0 Å². The quantitative estimate of drug-likeness (QED) is 0.570. The number of hydrogen-bond donors (Lipinski definition) is 2. The number of nitrogens with zero attached hydrogens (tertiary/aromatic N) is 2. The molecule has 1 aromatic carbocycles. The number of aromatic nitrogens is 1. The van der Waals surface area contributed by atoms with E-state index >= 15 is 0 Å². The van der Waals surface area contributed by atoms with Gasteiger partial charge in [-0.3, -0.25) is 9.59 Å². The van der Waals surface area contributed by atoms with Crippen LogP contribution in [0, 0.1) is 12.8 Å². The smallest absolute Gasteiger partial charge is 0.251 e. The van der Waals surface area contributed by atoms with Crippen LogP contribution in [0.25, 0.3) is 0 Å². The molecule has 2 aromatic rings. The highest BCUT2D eigenvalue weighted by molar-refractivity contribution is 7.91. The third kappa shape index (κ3) is 6.20. The summed E-state index contributed by atoms with van der Waals surface area (Å²) in [5, 5.41) is 6.43. The van der Waals surface area contributed by atoms with E-state index in [1.165, 1.54) is 0 Å². The van der Waals surface area contributed by atoms with Gasteiger partial charge in [0.15, 0.2) is 0 Å². The van der Waals surface area contributed by atoms with Crippen molar-refractivity contribution in [2.45, 2.75) is 66.1 Å². The molecular formula is C26H36N4O4S. The molecule has 2 unspecified atom stereocenters. The molecule has 1 aliphatic rings. The van der Waals surface area contributed by atoms with Crippen LogP contribution in [0.2, 0.25) is 0 Å². The molecule has 0 saturated carbocycles. The van der Waals surface area contributed by atoms with Crippen molar-refractivity contribution in [2.75, 3.05) is 21.7 Å². The van der Waals surface area contributed by atoms with E-state index in [0.717, 1.165) is 22.8 Å². The van der Waals surface area contributed by atoms with E-state index in [4.69, 9.17) is 0 Å². The number of fused-ring (bicyclic) bond motifs is 1. The van der Waals surface area contributed by atoms with Crippen LogP contribution in [-0.4, -0.2) is 48.8 Å². The minimum atomic E-state index is -3.10. The minimum Gasteiger partial charge on any atom is -0.363 e. The number of benzene rings is 1. The Kier molecular flexibility index (Phi) is 8.20. The Hall–Kier alpha value is -2.94. The lowest BCUT2D eigenvalue weighted by molar-refractivity contribution is -0.117. The minimum absolute atomic E-state index is 0.0353. The van der Waals surface area contributed by atoms with Crippen LogP contribution >= 0.6 is 0 Å². The molecular weight excluding hydrogens is 464 g/mol. The summed E-state index contributed by atoms with van der Waals surface area (Å²) in [5.41, 5.74) is 2.97. The number of rotatable bonds is 8. The van der Waals surface area contributed by atoms with Crippen molar-refractivity contribution < 1.29 is 18.0 Å². The maximum absolute atomic E-state index is 13.0. The van der Waals surface area contributed by atoms with E-state index in [9.17, 15) is 18.0 Å². The monoisotopic (exact) mass is 500 g/mol. The van der Waals surface area contributed by atoms with Gasteiger partial charge in [-0.25, -0.2) is 13.4 Å². The molecule has 0 radical (unpaired) electrons. The summed E-state index contributed by atoms with van der Waals surface area (Å²) in [6, 6.07) is 10.6. The van der Waals surface area contributed by atoms with Crippen LogP contribution in [0.1, 0.15) is 68.7 Å². The fraction of sp³-hybridized carbons (Fsp3) is 0.500. The Balaban J connectivity index is 1.92. The van der Waals surface area contributed by atoms with E-state index in [-0.39, 0.29) is 47.4 Å². The highest BCUT2D eigenvalue weighted by Gasteiger charge is 2.38. The van der Waals surface area contributed by atoms with Gasteiger partial charge in [0, 0.05) is 47.6 Å². The number of carbonyl (C=O) groups is 2. The molecule has 0 bridgehead atoms. The van der Waals surface area contributed by atoms with E-state index in [2.05, 4.69) is 22.5 Å². The molecule has 2 heterocycles. The third-order valence-electron chi connectivity index (χ3n) is 6.79. The second kappa shape index (κ2) is 10.8. The summed E-state index contributed by atoms with van der Waals surface area (Å²) in [5.74, 6) is 0.574. The summed E-state index contributed by atoms with van der Waals surface area (Å²) in [6.07, 6.45) is 0.350. The van der Waals surface area contributed by atoms with Gasteiger partial charge in [0.1, 0.15) is 15.7 Å². The number of aryl methyl sites for hydroxylation is 1. The highest BCUT2D eigenvalue weighted by atomic mass is 32.2. The van der Waals surface area contributed by atoms with Crippen LogP contribution in [-0.2, 0) is 14.6 Å². The number of carbonyl (C=O) groups excluding carboxylic acids is 2. The summed E-state index contributed by atoms with van der Waals surface area (Å²) in [4.78, 5) is 31.9. The van der Waals surface area contributed by atoms with E-state index in [0.29, 0.717) is 12.0 Å². The molecule has 35 heavy (non-hydrogen) atoms. The molecule has 2 N–H and O–H groups in total. The summed E-state index contributed by atoms with van der Waals surface area (Å²) >= 11 is 0. The number of sulfone groups is 1. The van der Waals surface area contributed by atoms with E-state index < -0.39 is 9.84 Å². The lowest BCUT2D eigenvalue weighted by Crippen LogP contribution is -2.48. The first-order chi connectivity index (χ1) is 16.4. The Labute approximate surface area is 208 Å². The fourth-order valence-electron chi connectivity index (χ4n) is 4.51. The molecule has 0 spiro atoms. The van der Waals surface area contributed by atoms with Gasteiger partial charge in [0.25, 0.3) is 5.91 Å². The normalized spacial score (nSPS) is 20.6. The number of pyridine rings is 1. The van der Waals surface area contributed by atoms with Gasteiger partial charge in [-0.05, 0) is 63.1 Å². The van der Waals surface area contributed by atoms with Gasteiger partial charge in [-0.1, -0.05) is 19.9 Å². The van der Waals surface area contributed by atoms with Gasteiger partial charge >= 0.3 is 0 Å². The number of anilines is 2. The molecule has 3 rings (SSSR count). The number of hydrogen-bond acceptors (Lipinski definition) is 6. The first-order valence-electron chi connectivity index (χ1n) is 12.1. The molecule has 0 saturated heterocycles. The molecule has 0 aliphatic carbocycles. The lowest BCUT2D eigenvalue weighted by Gasteiger charge is -2.44.